The van der Waals surface area contributed by atoms with Crippen molar-refractivity contribution in [3.63, 3.8) is 0 Å². The van der Waals surface area contributed by atoms with E-state index in [1.807, 2.05) is 19.1 Å². The molecule has 32 heavy (non-hydrogen) atoms. The number of methoxy groups -OCH3 is 1. The fraction of sp³-hybridized carbons (Fsp3) is 0.720. The zero-order valence-corrected chi connectivity index (χ0v) is 20.9. The van der Waals surface area contributed by atoms with Gasteiger partial charge >= 0.3 is 0 Å². The molecule has 2 unspecified atom stereocenters. The van der Waals surface area contributed by atoms with Gasteiger partial charge in [0, 0.05) is 25.7 Å². The monoisotopic (exact) mass is 449 g/mol. The van der Waals surface area contributed by atoms with Gasteiger partial charge in [-0.1, -0.05) is 19.4 Å². The van der Waals surface area contributed by atoms with Crippen LogP contribution in [0.2, 0.25) is 0 Å². The zero-order valence-electron chi connectivity index (χ0n) is 20.9. The number of amides is 1. The van der Waals surface area contributed by atoms with Crippen molar-refractivity contribution in [3.05, 3.63) is 35.5 Å². The van der Waals surface area contributed by atoms with Crippen molar-refractivity contribution in [2.75, 3.05) is 60.7 Å². The summed E-state index contributed by atoms with van der Waals surface area (Å²) >= 11 is 0. The maximum Gasteiger partial charge on any atom is 0.236 e. The number of allylic oxidation sites excluding steroid dienone is 2. The van der Waals surface area contributed by atoms with E-state index in [1.54, 1.807) is 7.11 Å². The number of likely N-dealkylation sites (tertiary alicyclic amines) is 1. The summed E-state index contributed by atoms with van der Waals surface area (Å²) in [6.45, 7) is 10.6. The van der Waals surface area contributed by atoms with Gasteiger partial charge in [-0.3, -0.25) is 9.69 Å². The quantitative estimate of drug-likeness (QED) is 0.425. The van der Waals surface area contributed by atoms with Crippen molar-refractivity contribution >= 4 is 5.91 Å². The standard InChI is InChI=1S/C25H43N3O4/c1-7-9-14-27(15-10-13-26(4)5)24(29)18-28-17-21(16-20(28)3)11-12-23(30-6)25-22(8-2)31-19-32-25/h8,11-12,20-21H,7,9-10,13-19H2,1-6H3/b12-11+,22-8+,25-23-. The zero-order chi connectivity index (χ0) is 23.5. The van der Waals surface area contributed by atoms with Gasteiger partial charge in [-0.15, -0.1) is 0 Å². The molecule has 2 fully saturated rings. The second-order valence-electron chi connectivity index (χ2n) is 8.98. The number of rotatable bonds is 12. The Morgan fingerprint density at radius 1 is 1.22 bits per heavy atom. The molecule has 0 aromatic rings. The molecular weight excluding hydrogens is 406 g/mol. The Morgan fingerprint density at radius 2 is 1.97 bits per heavy atom. The molecule has 0 aliphatic carbocycles. The minimum Gasteiger partial charge on any atom is -0.493 e. The molecule has 0 aromatic heterocycles. The van der Waals surface area contributed by atoms with Crippen LogP contribution in [0.1, 0.15) is 46.5 Å². The van der Waals surface area contributed by atoms with Crippen LogP contribution in [0.3, 0.4) is 0 Å². The van der Waals surface area contributed by atoms with Gasteiger partial charge in [0.1, 0.15) is 0 Å². The summed E-state index contributed by atoms with van der Waals surface area (Å²) in [6, 6.07) is 0.374. The maximum absolute atomic E-state index is 13.1. The first-order valence-corrected chi connectivity index (χ1v) is 11.9. The normalized spacial score (nSPS) is 24.3. The van der Waals surface area contributed by atoms with E-state index in [1.165, 1.54) is 0 Å². The third kappa shape index (κ3) is 7.85. The molecule has 2 heterocycles. The number of ether oxygens (including phenoxy) is 3. The Kier molecular flexibility index (Phi) is 11.1. The van der Waals surface area contributed by atoms with Crippen molar-refractivity contribution in [2.45, 2.75) is 52.5 Å². The third-order valence-corrected chi connectivity index (χ3v) is 6.11. The average Bonchev–Trinajstić information content (AvgIpc) is 3.37. The highest BCUT2D eigenvalue weighted by atomic mass is 16.7. The van der Waals surface area contributed by atoms with Gasteiger partial charge in [0.05, 0.1) is 13.7 Å². The van der Waals surface area contributed by atoms with E-state index >= 15 is 0 Å². The van der Waals surface area contributed by atoms with E-state index in [2.05, 4.69) is 48.7 Å². The Morgan fingerprint density at radius 3 is 2.62 bits per heavy atom. The molecule has 7 heteroatoms. The Labute approximate surface area is 194 Å². The van der Waals surface area contributed by atoms with Crippen molar-refractivity contribution in [1.82, 2.24) is 14.7 Å². The first-order chi connectivity index (χ1) is 15.4. The highest BCUT2D eigenvalue weighted by Crippen LogP contribution is 2.28. The molecule has 0 radical (unpaired) electrons. The second-order valence-corrected chi connectivity index (χ2v) is 8.98. The van der Waals surface area contributed by atoms with Gasteiger partial charge in [0.25, 0.3) is 0 Å². The van der Waals surface area contributed by atoms with Crippen molar-refractivity contribution in [1.29, 1.82) is 0 Å². The summed E-state index contributed by atoms with van der Waals surface area (Å²) in [5.41, 5.74) is 0. The van der Waals surface area contributed by atoms with Crippen LogP contribution in [-0.2, 0) is 19.0 Å². The highest BCUT2D eigenvalue weighted by Gasteiger charge is 2.30. The van der Waals surface area contributed by atoms with Crippen LogP contribution in [0.15, 0.2) is 35.5 Å². The lowest BCUT2D eigenvalue weighted by Gasteiger charge is -2.27. The molecule has 7 nitrogen and oxygen atoms in total. The number of carbonyl (C=O) groups is 1. The van der Waals surface area contributed by atoms with E-state index in [0.29, 0.717) is 35.8 Å². The van der Waals surface area contributed by atoms with Crippen LogP contribution in [0.4, 0.5) is 0 Å². The summed E-state index contributed by atoms with van der Waals surface area (Å²) in [4.78, 5) is 19.6. The lowest BCUT2D eigenvalue weighted by Crippen LogP contribution is -2.43. The van der Waals surface area contributed by atoms with Gasteiger partial charge in [0.2, 0.25) is 18.5 Å². The summed E-state index contributed by atoms with van der Waals surface area (Å²) in [5.74, 6) is 2.65. The Balaban J connectivity index is 1.95. The predicted octanol–water partition coefficient (Wildman–Crippen LogP) is 3.60. The lowest BCUT2D eigenvalue weighted by molar-refractivity contribution is -0.132. The van der Waals surface area contributed by atoms with Crippen molar-refractivity contribution in [2.24, 2.45) is 5.92 Å². The van der Waals surface area contributed by atoms with Crippen LogP contribution >= 0.6 is 0 Å². The first kappa shape index (κ1) is 26.3. The minimum atomic E-state index is 0.217. The summed E-state index contributed by atoms with van der Waals surface area (Å²) in [6.07, 6.45) is 10.2. The second kappa shape index (κ2) is 13.5. The van der Waals surface area contributed by atoms with Crippen LogP contribution in [-0.4, -0.2) is 87.4 Å². The van der Waals surface area contributed by atoms with Gasteiger partial charge in [-0.05, 0) is 71.8 Å². The van der Waals surface area contributed by atoms with Crippen LogP contribution in [0, 0.1) is 5.92 Å². The number of unbranched alkanes of at least 4 members (excludes halogenated alkanes) is 1. The summed E-state index contributed by atoms with van der Waals surface area (Å²) in [7, 11) is 5.80. The number of carbonyl (C=O) groups excluding carboxylic acids is 1. The summed E-state index contributed by atoms with van der Waals surface area (Å²) in [5, 5.41) is 0. The Hall–Kier alpha value is -1.99. The summed E-state index contributed by atoms with van der Waals surface area (Å²) < 4.78 is 16.6. The SMILES string of the molecule is C/C=C1/OCO/C1=C(/C=C/C1CC(C)N(CC(=O)N(CCCC)CCCN(C)C)C1)OC. The van der Waals surface area contributed by atoms with Gasteiger partial charge in [-0.25, -0.2) is 0 Å². The lowest BCUT2D eigenvalue weighted by atomic mass is 10.1. The topological polar surface area (TPSA) is 54.5 Å². The molecule has 2 atom stereocenters. The molecule has 0 saturated carbocycles. The first-order valence-electron chi connectivity index (χ1n) is 11.9. The highest BCUT2D eigenvalue weighted by molar-refractivity contribution is 5.78. The van der Waals surface area contributed by atoms with Crippen molar-refractivity contribution in [3.8, 4) is 0 Å². The fourth-order valence-electron chi connectivity index (χ4n) is 4.22. The molecule has 2 aliphatic rings. The number of hydrogen-bond acceptors (Lipinski definition) is 6. The molecule has 2 aliphatic heterocycles. The molecule has 182 valence electrons. The molecule has 1 amide bonds. The minimum absolute atomic E-state index is 0.217. The van der Waals surface area contributed by atoms with E-state index in [9.17, 15) is 4.79 Å². The van der Waals surface area contributed by atoms with E-state index in [-0.39, 0.29) is 12.7 Å². The van der Waals surface area contributed by atoms with Crippen LogP contribution in [0.25, 0.3) is 0 Å². The largest absolute Gasteiger partial charge is 0.493 e. The molecule has 2 saturated heterocycles. The van der Waals surface area contributed by atoms with Crippen LogP contribution in [0.5, 0.6) is 0 Å². The smallest absolute Gasteiger partial charge is 0.236 e. The fourth-order valence-corrected chi connectivity index (χ4v) is 4.22. The number of nitrogens with zero attached hydrogens (tertiary/aromatic N) is 3. The molecule has 2 rings (SSSR count). The Bertz CT molecular complexity index is 687. The van der Waals surface area contributed by atoms with Crippen LogP contribution < -0.4 is 0 Å². The van der Waals surface area contributed by atoms with Crippen molar-refractivity contribution < 1.29 is 19.0 Å². The third-order valence-electron chi connectivity index (χ3n) is 6.11. The molecule has 0 spiro atoms. The molecule has 0 N–H and O–H groups in total. The predicted molar refractivity (Wildman–Crippen MR) is 128 cm³/mol. The maximum atomic E-state index is 13.1. The van der Waals surface area contributed by atoms with E-state index in [0.717, 1.165) is 51.9 Å². The van der Waals surface area contributed by atoms with E-state index in [4.69, 9.17) is 14.2 Å². The molecule has 0 aromatic carbocycles. The average molecular weight is 450 g/mol. The molecule has 0 bridgehead atoms. The van der Waals surface area contributed by atoms with Gasteiger partial charge in [0.15, 0.2) is 11.5 Å². The van der Waals surface area contributed by atoms with Gasteiger partial charge in [-0.2, -0.15) is 0 Å². The number of hydrogen-bond donors (Lipinski definition) is 0. The molecular formula is C25H43N3O4. The van der Waals surface area contributed by atoms with Gasteiger partial charge < -0.3 is 24.0 Å². The van der Waals surface area contributed by atoms with E-state index < -0.39 is 0 Å².